The first-order valence-corrected chi connectivity index (χ1v) is 10.8. The second kappa shape index (κ2) is 9.51. The number of hydrogen-bond donors (Lipinski definition) is 1. The number of fused-ring (bicyclic) bond motifs is 1. The lowest BCUT2D eigenvalue weighted by molar-refractivity contribution is -0.150. The average Bonchev–Trinajstić information content (AvgIpc) is 2.76. The van der Waals surface area contributed by atoms with Crippen LogP contribution in [0.2, 0.25) is 0 Å². The van der Waals surface area contributed by atoms with Gasteiger partial charge in [-0.15, -0.1) is 0 Å². The third kappa shape index (κ3) is 5.65. The first-order valence-electron chi connectivity index (χ1n) is 9.27. The number of rotatable bonds is 8. The van der Waals surface area contributed by atoms with Crippen LogP contribution in [0.4, 0.5) is 0 Å². The number of ether oxygens (including phenoxy) is 1. The lowest BCUT2D eigenvalue weighted by atomic mass is 10.1. The van der Waals surface area contributed by atoms with Gasteiger partial charge in [-0.25, -0.2) is 8.42 Å². The molecular weight excluding hydrogens is 404 g/mol. The van der Waals surface area contributed by atoms with Gasteiger partial charge in [0, 0.05) is 13.6 Å². The molecule has 3 aromatic carbocycles. The van der Waals surface area contributed by atoms with Crippen molar-refractivity contribution in [2.45, 2.75) is 11.4 Å². The molecule has 0 bridgehead atoms. The first kappa shape index (κ1) is 21.5. The number of amides is 1. The van der Waals surface area contributed by atoms with Crippen molar-refractivity contribution in [3.63, 3.8) is 0 Å². The number of nitrogens with zero attached hydrogens (tertiary/aromatic N) is 1. The minimum absolute atomic E-state index is 0.0488. The van der Waals surface area contributed by atoms with E-state index in [-0.39, 0.29) is 10.8 Å². The molecule has 0 aromatic heterocycles. The molecule has 3 aromatic rings. The molecule has 0 spiro atoms. The summed E-state index contributed by atoms with van der Waals surface area (Å²) in [5.74, 6) is -1.22. The van der Waals surface area contributed by atoms with E-state index in [1.165, 1.54) is 17.0 Å². The molecule has 0 atom stereocenters. The predicted octanol–water partition coefficient (Wildman–Crippen LogP) is 2.32. The van der Waals surface area contributed by atoms with Gasteiger partial charge in [0.05, 0.1) is 4.90 Å². The highest BCUT2D eigenvalue weighted by atomic mass is 32.2. The van der Waals surface area contributed by atoms with Gasteiger partial charge >= 0.3 is 5.97 Å². The second-order valence-corrected chi connectivity index (χ2v) is 8.50. The maximum atomic E-state index is 12.4. The number of benzene rings is 3. The van der Waals surface area contributed by atoms with Crippen LogP contribution in [0, 0.1) is 0 Å². The maximum absolute atomic E-state index is 12.4. The lowest BCUT2D eigenvalue weighted by Gasteiger charge is -2.17. The Bertz CT molecular complexity index is 1150. The van der Waals surface area contributed by atoms with Gasteiger partial charge in [0.2, 0.25) is 10.0 Å². The van der Waals surface area contributed by atoms with Crippen molar-refractivity contribution >= 4 is 32.7 Å². The van der Waals surface area contributed by atoms with Crippen LogP contribution in [0.25, 0.3) is 10.8 Å². The second-order valence-electron chi connectivity index (χ2n) is 6.73. The average molecular weight is 426 g/mol. The van der Waals surface area contributed by atoms with Gasteiger partial charge < -0.3 is 9.64 Å². The van der Waals surface area contributed by atoms with Crippen molar-refractivity contribution in [2.24, 2.45) is 0 Å². The molecule has 0 radical (unpaired) electrons. The standard InChI is InChI=1S/C22H22N2O5S/c1-24(15-17-7-3-2-4-8-17)21(25)16-29-22(26)14-23-30(27,28)20-12-11-18-9-5-6-10-19(18)13-20/h2-13,23H,14-16H2,1H3. The molecule has 3 rings (SSSR count). The van der Waals surface area contributed by atoms with E-state index in [1.807, 2.05) is 48.5 Å². The molecule has 0 saturated heterocycles. The zero-order valence-electron chi connectivity index (χ0n) is 16.4. The van der Waals surface area contributed by atoms with E-state index >= 15 is 0 Å². The molecule has 0 saturated carbocycles. The van der Waals surface area contributed by atoms with E-state index in [0.29, 0.717) is 6.54 Å². The van der Waals surface area contributed by atoms with E-state index in [4.69, 9.17) is 4.74 Å². The Morgan fingerprint density at radius 3 is 2.33 bits per heavy atom. The van der Waals surface area contributed by atoms with Gasteiger partial charge in [0.15, 0.2) is 6.61 Å². The Balaban J connectivity index is 1.50. The topological polar surface area (TPSA) is 92.8 Å². The molecule has 0 unspecified atom stereocenters. The molecule has 7 nitrogen and oxygen atoms in total. The van der Waals surface area contributed by atoms with Gasteiger partial charge in [-0.3, -0.25) is 9.59 Å². The van der Waals surface area contributed by atoms with Crippen LogP contribution in [-0.4, -0.2) is 45.4 Å². The molecule has 156 valence electrons. The van der Waals surface area contributed by atoms with E-state index < -0.39 is 29.1 Å². The summed E-state index contributed by atoms with van der Waals surface area (Å²) in [5.41, 5.74) is 0.947. The Morgan fingerprint density at radius 2 is 1.60 bits per heavy atom. The van der Waals surface area contributed by atoms with E-state index in [2.05, 4.69) is 4.72 Å². The lowest BCUT2D eigenvalue weighted by Crippen LogP contribution is -2.34. The smallest absolute Gasteiger partial charge is 0.321 e. The van der Waals surface area contributed by atoms with Gasteiger partial charge in [-0.2, -0.15) is 4.72 Å². The summed E-state index contributed by atoms with van der Waals surface area (Å²) in [6, 6.07) is 21.5. The van der Waals surface area contributed by atoms with E-state index in [9.17, 15) is 18.0 Å². The number of likely N-dealkylation sites (N-methyl/N-ethyl adjacent to an activating group) is 1. The maximum Gasteiger partial charge on any atom is 0.321 e. The normalized spacial score (nSPS) is 11.2. The van der Waals surface area contributed by atoms with Crippen molar-refractivity contribution in [1.82, 2.24) is 9.62 Å². The van der Waals surface area contributed by atoms with Crippen LogP contribution in [0.1, 0.15) is 5.56 Å². The molecule has 0 aliphatic heterocycles. The summed E-state index contributed by atoms with van der Waals surface area (Å²) >= 11 is 0. The minimum Gasteiger partial charge on any atom is -0.455 e. The largest absolute Gasteiger partial charge is 0.455 e. The first-order chi connectivity index (χ1) is 14.3. The molecule has 0 heterocycles. The third-order valence-corrected chi connectivity index (χ3v) is 5.88. The fourth-order valence-electron chi connectivity index (χ4n) is 2.82. The quantitative estimate of drug-likeness (QED) is 0.558. The third-order valence-electron chi connectivity index (χ3n) is 4.48. The van der Waals surface area contributed by atoms with E-state index in [0.717, 1.165) is 16.3 Å². The highest BCUT2D eigenvalue weighted by Gasteiger charge is 2.18. The minimum atomic E-state index is -3.89. The predicted molar refractivity (Wildman–Crippen MR) is 113 cm³/mol. The molecule has 0 aliphatic carbocycles. The number of esters is 1. The van der Waals surface area contributed by atoms with Gasteiger partial charge in [0.25, 0.3) is 5.91 Å². The van der Waals surface area contributed by atoms with Crippen molar-refractivity contribution in [1.29, 1.82) is 0 Å². The summed E-state index contributed by atoms with van der Waals surface area (Å²) < 4.78 is 32.0. The molecule has 1 amide bonds. The van der Waals surface area contributed by atoms with E-state index in [1.54, 1.807) is 19.2 Å². The SMILES string of the molecule is CN(Cc1ccccc1)C(=O)COC(=O)CNS(=O)(=O)c1ccc2ccccc2c1. The van der Waals surface area contributed by atoms with Gasteiger partial charge in [0.1, 0.15) is 6.54 Å². The number of carbonyl (C=O) groups excluding carboxylic acids is 2. The number of hydrogen-bond acceptors (Lipinski definition) is 5. The zero-order chi connectivity index (χ0) is 21.6. The molecule has 8 heteroatoms. The summed E-state index contributed by atoms with van der Waals surface area (Å²) in [6.07, 6.45) is 0. The van der Waals surface area contributed by atoms with Crippen molar-refractivity contribution < 1.29 is 22.7 Å². The van der Waals surface area contributed by atoms with Crippen LogP contribution >= 0.6 is 0 Å². The van der Waals surface area contributed by atoms with Crippen molar-refractivity contribution in [2.75, 3.05) is 20.2 Å². The molecule has 0 fully saturated rings. The van der Waals surface area contributed by atoms with Crippen LogP contribution in [0.3, 0.4) is 0 Å². The highest BCUT2D eigenvalue weighted by Crippen LogP contribution is 2.18. The van der Waals surface area contributed by atoms with Gasteiger partial charge in [-0.1, -0.05) is 60.7 Å². The Labute approximate surface area is 175 Å². The van der Waals surface area contributed by atoms with Crippen molar-refractivity contribution in [3.8, 4) is 0 Å². The van der Waals surface area contributed by atoms with Crippen LogP contribution in [0.15, 0.2) is 77.7 Å². The Kier molecular flexibility index (Phi) is 6.81. The molecule has 30 heavy (non-hydrogen) atoms. The number of carbonyl (C=O) groups is 2. The monoisotopic (exact) mass is 426 g/mol. The summed E-state index contributed by atoms with van der Waals surface area (Å²) in [7, 11) is -2.29. The fraction of sp³-hybridized carbons (Fsp3) is 0.182. The molecule has 1 N–H and O–H groups in total. The summed E-state index contributed by atoms with van der Waals surface area (Å²) in [4.78, 5) is 25.5. The molecule has 0 aliphatic rings. The number of sulfonamides is 1. The van der Waals surface area contributed by atoms with Gasteiger partial charge in [-0.05, 0) is 28.5 Å². The summed E-state index contributed by atoms with van der Waals surface area (Å²) in [5, 5.41) is 1.68. The van der Waals surface area contributed by atoms with Crippen molar-refractivity contribution in [3.05, 3.63) is 78.4 Å². The molecular formula is C22H22N2O5S. The Hall–Kier alpha value is -3.23. The van der Waals surface area contributed by atoms with Crippen LogP contribution in [-0.2, 0) is 30.9 Å². The Morgan fingerprint density at radius 1 is 0.933 bits per heavy atom. The number of nitrogens with one attached hydrogen (secondary N) is 1. The highest BCUT2D eigenvalue weighted by molar-refractivity contribution is 7.89. The summed E-state index contributed by atoms with van der Waals surface area (Å²) in [6.45, 7) is -0.642. The van der Waals surface area contributed by atoms with Crippen LogP contribution in [0.5, 0.6) is 0 Å². The fourth-order valence-corrected chi connectivity index (χ4v) is 3.82. The van der Waals surface area contributed by atoms with Crippen LogP contribution < -0.4 is 4.72 Å². The zero-order valence-corrected chi connectivity index (χ0v) is 17.3.